The van der Waals surface area contributed by atoms with Gasteiger partial charge in [-0.2, -0.15) is 0 Å². The van der Waals surface area contributed by atoms with Gasteiger partial charge < -0.3 is 5.32 Å². The second kappa shape index (κ2) is 5.91. The summed E-state index contributed by atoms with van der Waals surface area (Å²) in [6.07, 6.45) is 1.22. The molecule has 2 aromatic carbocycles. The van der Waals surface area contributed by atoms with Crippen molar-refractivity contribution >= 4 is 23.2 Å². The number of nitrogens with one attached hydrogen (secondary N) is 1. The average molecular weight is 341 g/mol. The number of fused-ring (bicyclic) bond motifs is 1. The summed E-state index contributed by atoms with van der Waals surface area (Å²) in [6, 6.07) is 17.7. The Hall–Kier alpha value is -1.84. The van der Waals surface area contributed by atoms with E-state index in [4.69, 9.17) is 11.6 Å². The Labute approximate surface area is 147 Å². The van der Waals surface area contributed by atoms with Crippen LogP contribution in [0.5, 0.6) is 0 Å². The van der Waals surface area contributed by atoms with Crippen molar-refractivity contribution in [2.75, 3.05) is 18.4 Å². The van der Waals surface area contributed by atoms with Gasteiger partial charge in [0.25, 0.3) is 0 Å². The van der Waals surface area contributed by atoms with Gasteiger partial charge in [-0.05, 0) is 49.1 Å². The third-order valence-corrected chi connectivity index (χ3v) is 5.81. The number of amides is 1. The molecule has 2 fully saturated rings. The highest BCUT2D eigenvalue weighted by molar-refractivity contribution is 6.30. The molecule has 1 heterocycles. The Morgan fingerprint density at radius 3 is 2.62 bits per heavy atom. The van der Waals surface area contributed by atoms with Crippen molar-refractivity contribution in [2.45, 2.75) is 24.8 Å². The first-order valence-corrected chi connectivity index (χ1v) is 8.82. The Balaban J connectivity index is 1.43. The van der Waals surface area contributed by atoms with Gasteiger partial charge in [0, 0.05) is 29.2 Å². The second-order valence-electron chi connectivity index (χ2n) is 7.02. The minimum atomic E-state index is -0.123. The van der Waals surface area contributed by atoms with E-state index in [9.17, 15) is 4.79 Å². The molecule has 124 valence electrons. The van der Waals surface area contributed by atoms with Gasteiger partial charge >= 0.3 is 0 Å². The van der Waals surface area contributed by atoms with Crippen LogP contribution in [-0.4, -0.2) is 29.9 Å². The van der Waals surface area contributed by atoms with E-state index in [1.165, 1.54) is 12.0 Å². The summed E-state index contributed by atoms with van der Waals surface area (Å²) in [5.74, 6) is 0.722. The summed E-state index contributed by atoms with van der Waals surface area (Å²) < 4.78 is 0. The molecule has 1 saturated heterocycles. The molecule has 2 aromatic rings. The molecule has 0 radical (unpaired) electrons. The number of para-hydroxylation sites is 1. The van der Waals surface area contributed by atoms with Crippen LogP contribution < -0.4 is 5.32 Å². The zero-order valence-electron chi connectivity index (χ0n) is 13.7. The van der Waals surface area contributed by atoms with Crippen molar-refractivity contribution in [3.05, 3.63) is 65.2 Å². The third-order valence-electron chi connectivity index (χ3n) is 5.56. The molecule has 0 spiro atoms. The molecule has 24 heavy (non-hydrogen) atoms. The lowest BCUT2D eigenvalue weighted by molar-refractivity contribution is -0.120. The maximum atomic E-state index is 12.5. The zero-order chi connectivity index (χ0) is 16.7. The normalized spacial score (nSPS) is 26.7. The fraction of sp³-hybridized carbons (Fsp3) is 0.350. The lowest BCUT2D eigenvalue weighted by Gasteiger charge is -2.26. The lowest BCUT2D eigenvalue weighted by atomic mass is 9.95. The van der Waals surface area contributed by atoms with Crippen LogP contribution in [0.4, 0.5) is 5.69 Å². The van der Waals surface area contributed by atoms with Gasteiger partial charge in [-0.3, -0.25) is 9.69 Å². The maximum Gasteiger partial charge on any atom is 0.241 e. The summed E-state index contributed by atoms with van der Waals surface area (Å²) in [5, 5.41) is 3.79. The summed E-state index contributed by atoms with van der Waals surface area (Å²) in [6.45, 7) is 3.94. The molecular weight excluding hydrogens is 320 g/mol. The average Bonchev–Trinajstić information content (AvgIpc) is 3.17. The van der Waals surface area contributed by atoms with Gasteiger partial charge in [0.1, 0.15) is 0 Å². The standard InChI is InChI=1S/C20H21ClN2O/c1-14(19(24)22-18-5-3-2-4-6-18)23-12-16-11-20(16,13-23)15-7-9-17(21)10-8-15/h2-10,14,16H,11-13H2,1H3,(H,22,24). The van der Waals surface area contributed by atoms with Crippen molar-refractivity contribution in [1.82, 2.24) is 4.90 Å². The quantitative estimate of drug-likeness (QED) is 0.914. The van der Waals surface area contributed by atoms with Gasteiger partial charge in [0.2, 0.25) is 5.91 Å². The Morgan fingerprint density at radius 1 is 1.21 bits per heavy atom. The minimum Gasteiger partial charge on any atom is -0.325 e. The van der Waals surface area contributed by atoms with E-state index in [2.05, 4.69) is 22.3 Å². The number of likely N-dealkylation sites (tertiary alicyclic amines) is 1. The van der Waals surface area contributed by atoms with E-state index in [-0.39, 0.29) is 17.4 Å². The molecular formula is C20H21ClN2O. The van der Waals surface area contributed by atoms with Crippen LogP contribution in [0, 0.1) is 5.92 Å². The second-order valence-corrected chi connectivity index (χ2v) is 7.46. The first-order chi connectivity index (χ1) is 11.6. The number of carbonyl (C=O) groups is 1. The van der Waals surface area contributed by atoms with Crippen LogP contribution in [0.1, 0.15) is 18.9 Å². The van der Waals surface area contributed by atoms with E-state index >= 15 is 0 Å². The van der Waals surface area contributed by atoms with Crippen LogP contribution in [0.2, 0.25) is 5.02 Å². The highest BCUT2D eigenvalue weighted by Crippen LogP contribution is 2.59. The van der Waals surface area contributed by atoms with E-state index in [0.717, 1.165) is 23.8 Å². The molecule has 0 aromatic heterocycles. The van der Waals surface area contributed by atoms with Gasteiger partial charge in [-0.15, -0.1) is 0 Å². The fourth-order valence-corrected chi connectivity index (χ4v) is 4.11. The molecule has 4 rings (SSSR count). The zero-order valence-corrected chi connectivity index (χ0v) is 14.5. The maximum absolute atomic E-state index is 12.5. The first-order valence-electron chi connectivity index (χ1n) is 8.44. The molecule has 2 aliphatic rings. The predicted molar refractivity (Wildman–Crippen MR) is 97.3 cm³/mol. The number of halogens is 1. The van der Waals surface area contributed by atoms with Crippen molar-refractivity contribution in [1.29, 1.82) is 0 Å². The SMILES string of the molecule is CC(C(=O)Nc1ccccc1)N1CC2CC2(c2ccc(Cl)cc2)C1. The molecule has 1 saturated carbocycles. The molecule has 1 amide bonds. The Bertz CT molecular complexity index is 746. The lowest BCUT2D eigenvalue weighted by Crippen LogP contribution is -2.42. The van der Waals surface area contributed by atoms with Crippen molar-refractivity contribution in [2.24, 2.45) is 5.92 Å². The smallest absolute Gasteiger partial charge is 0.241 e. The van der Waals surface area contributed by atoms with Crippen molar-refractivity contribution < 1.29 is 4.79 Å². The van der Waals surface area contributed by atoms with Crippen molar-refractivity contribution in [3.63, 3.8) is 0 Å². The first kappa shape index (κ1) is 15.7. The molecule has 3 atom stereocenters. The Kier molecular flexibility index (Phi) is 3.86. The van der Waals surface area contributed by atoms with Crippen LogP contribution in [0.3, 0.4) is 0 Å². The van der Waals surface area contributed by atoms with E-state index in [1.54, 1.807) is 0 Å². The van der Waals surface area contributed by atoms with Crippen molar-refractivity contribution in [3.8, 4) is 0 Å². The molecule has 1 aliphatic heterocycles. The number of benzene rings is 2. The van der Waals surface area contributed by atoms with Crippen LogP contribution >= 0.6 is 11.6 Å². The fourth-order valence-electron chi connectivity index (χ4n) is 3.98. The number of hydrogen-bond acceptors (Lipinski definition) is 2. The number of anilines is 1. The molecule has 1 aliphatic carbocycles. The minimum absolute atomic E-state index is 0.0637. The van der Waals surface area contributed by atoms with E-state index in [0.29, 0.717) is 5.92 Å². The van der Waals surface area contributed by atoms with Gasteiger partial charge in [-0.25, -0.2) is 0 Å². The number of hydrogen-bond donors (Lipinski definition) is 1. The summed E-state index contributed by atoms with van der Waals surface area (Å²) >= 11 is 6.01. The summed E-state index contributed by atoms with van der Waals surface area (Å²) in [4.78, 5) is 14.8. The van der Waals surface area contributed by atoms with Crippen LogP contribution in [-0.2, 0) is 10.2 Å². The molecule has 4 heteroatoms. The highest BCUT2D eigenvalue weighted by atomic mass is 35.5. The van der Waals surface area contributed by atoms with Gasteiger partial charge in [-0.1, -0.05) is 41.9 Å². The summed E-state index contributed by atoms with van der Waals surface area (Å²) in [7, 11) is 0. The number of nitrogens with zero attached hydrogens (tertiary/aromatic N) is 1. The number of rotatable bonds is 4. The highest BCUT2D eigenvalue weighted by Gasteiger charge is 2.61. The number of piperidine rings is 1. The van der Waals surface area contributed by atoms with Crippen LogP contribution in [0.15, 0.2) is 54.6 Å². The van der Waals surface area contributed by atoms with Gasteiger partial charge in [0.05, 0.1) is 6.04 Å². The van der Waals surface area contributed by atoms with Crippen LogP contribution in [0.25, 0.3) is 0 Å². The molecule has 0 bridgehead atoms. The largest absolute Gasteiger partial charge is 0.325 e. The predicted octanol–water partition coefficient (Wildman–Crippen LogP) is 3.94. The number of carbonyl (C=O) groups excluding carboxylic acids is 1. The van der Waals surface area contributed by atoms with Gasteiger partial charge in [0.15, 0.2) is 0 Å². The monoisotopic (exact) mass is 340 g/mol. The van der Waals surface area contributed by atoms with E-state index in [1.807, 2.05) is 49.4 Å². The third kappa shape index (κ3) is 2.72. The Morgan fingerprint density at radius 2 is 1.92 bits per heavy atom. The summed E-state index contributed by atoms with van der Waals surface area (Å²) in [5.41, 5.74) is 2.44. The molecule has 1 N–H and O–H groups in total. The molecule has 3 nitrogen and oxygen atoms in total. The topological polar surface area (TPSA) is 32.3 Å². The van der Waals surface area contributed by atoms with E-state index < -0.39 is 0 Å². The molecule has 3 unspecified atom stereocenters.